The maximum absolute atomic E-state index is 14.0. The predicted octanol–water partition coefficient (Wildman–Crippen LogP) is 3.10. The molecular weight excluding hydrogens is 465 g/mol. The monoisotopic (exact) mass is 494 g/mol. The molecule has 0 amide bonds. The summed E-state index contributed by atoms with van der Waals surface area (Å²) >= 11 is 0. The number of aliphatic imine (C=N–C) groups is 1. The molecule has 2 aliphatic rings. The van der Waals surface area contributed by atoms with Gasteiger partial charge in [-0.05, 0) is 36.8 Å². The van der Waals surface area contributed by atoms with Crippen LogP contribution in [-0.4, -0.2) is 64.3 Å². The normalized spacial score (nSPS) is 18.9. The number of anilines is 1. The van der Waals surface area contributed by atoms with Gasteiger partial charge in [-0.25, -0.2) is 8.78 Å². The summed E-state index contributed by atoms with van der Waals surface area (Å²) in [6.07, 6.45) is 3.53. The summed E-state index contributed by atoms with van der Waals surface area (Å²) in [6, 6.07) is 3.61. The van der Waals surface area contributed by atoms with E-state index in [1.807, 2.05) is 4.90 Å². The number of benzene rings is 1. The first kappa shape index (κ1) is 22.1. The van der Waals surface area contributed by atoms with E-state index >= 15 is 0 Å². The molecule has 0 aromatic heterocycles. The van der Waals surface area contributed by atoms with E-state index < -0.39 is 5.82 Å². The minimum Gasteiger partial charge on any atom is -0.385 e. The summed E-state index contributed by atoms with van der Waals surface area (Å²) in [6.45, 7) is 4.41. The van der Waals surface area contributed by atoms with Crippen molar-refractivity contribution in [1.29, 1.82) is 0 Å². The average molecular weight is 494 g/mol. The summed E-state index contributed by atoms with van der Waals surface area (Å²) in [4.78, 5) is 8.47. The number of rotatable bonds is 6. The summed E-state index contributed by atoms with van der Waals surface area (Å²) in [7, 11) is 3.53. The number of methoxy groups -OCH3 is 1. The molecule has 5 nitrogen and oxygen atoms in total. The molecule has 1 saturated carbocycles. The van der Waals surface area contributed by atoms with Crippen LogP contribution in [0.2, 0.25) is 0 Å². The second-order valence-electron chi connectivity index (χ2n) is 7.21. The summed E-state index contributed by atoms with van der Waals surface area (Å²) in [5.74, 6) is 0.0938. The molecule has 1 saturated heterocycles. The molecule has 0 spiro atoms. The van der Waals surface area contributed by atoms with Gasteiger partial charge in [-0.15, -0.1) is 24.0 Å². The minimum atomic E-state index is -0.410. The van der Waals surface area contributed by atoms with Crippen molar-refractivity contribution in [2.45, 2.75) is 19.3 Å². The lowest BCUT2D eigenvalue weighted by atomic mass is 10.0. The van der Waals surface area contributed by atoms with Crippen LogP contribution in [0.3, 0.4) is 0 Å². The van der Waals surface area contributed by atoms with Gasteiger partial charge < -0.3 is 19.9 Å². The van der Waals surface area contributed by atoms with Crippen LogP contribution in [0.25, 0.3) is 0 Å². The van der Waals surface area contributed by atoms with Crippen molar-refractivity contribution in [2.75, 3.05) is 58.4 Å². The van der Waals surface area contributed by atoms with Crippen molar-refractivity contribution < 1.29 is 13.5 Å². The average Bonchev–Trinajstić information content (AvgIpc) is 3.43. The molecule has 1 aromatic carbocycles. The summed E-state index contributed by atoms with van der Waals surface area (Å²) < 4.78 is 32.6. The second kappa shape index (κ2) is 9.86. The van der Waals surface area contributed by atoms with E-state index in [-0.39, 0.29) is 29.8 Å². The molecule has 0 unspecified atom stereocenters. The van der Waals surface area contributed by atoms with E-state index in [4.69, 9.17) is 4.74 Å². The molecule has 2 fully saturated rings. The van der Waals surface area contributed by atoms with Crippen LogP contribution < -0.4 is 10.2 Å². The van der Waals surface area contributed by atoms with Gasteiger partial charge in [0.1, 0.15) is 11.6 Å². The Hall–Kier alpha value is -1.16. The maximum atomic E-state index is 14.0. The third-order valence-electron chi connectivity index (χ3n) is 5.46. The molecular formula is C19H29F2IN4O. The molecule has 0 bridgehead atoms. The number of nitrogens with one attached hydrogen (secondary N) is 1. The fraction of sp³-hybridized carbons (Fsp3) is 0.632. The largest absolute Gasteiger partial charge is 0.385 e. The Balaban J connectivity index is 0.00000261. The van der Waals surface area contributed by atoms with Crippen molar-refractivity contribution in [3.05, 3.63) is 29.8 Å². The van der Waals surface area contributed by atoms with Crippen LogP contribution in [0.5, 0.6) is 0 Å². The van der Waals surface area contributed by atoms with Crippen molar-refractivity contribution in [2.24, 2.45) is 10.4 Å². The van der Waals surface area contributed by atoms with Gasteiger partial charge in [-0.1, -0.05) is 0 Å². The van der Waals surface area contributed by atoms with Gasteiger partial charge in [0.2, 0.25) is 0 Å². The van der Waals surface area contributed by atoms with Crippen LogP contribution in [0.1, 0.15) is 19.3 Å². The van der Waals surface area contributed by atoms with Crippen LogP contribution in [0, 0.1) is 17.0 Å². The fourth-order valence-electron chi connectivity index (χ4n) is 3.50. The van der Waals surface area contributed by atoms with Gasteiger partial charge in [-0.2, -0.15) is 0 Å². The number of guanidine groups is 1. The fourth-order valence-corrected chi connectivity index (χ4v) is 3.50. The molecule has 1 heterocycles. The maximum Gasteiger partial charge on any atom is 0.193 e. The molecule has 0 atom stereocenters. The lowest BCUT2D eigenvalue weighted by Gasteiger charge is -2.38. The quantitative estimate of drug-likeness (QED) is 0.375. The first-order chi connectivity index (χ1) is 12.6. The van der Waals surface area contributed by atoms with Gasteiger partial charge in [-0.3, -0.25) is 4.99 Å². The third-order valence-corrected chi connectivity index (χ3v) is 5.46. The van der Waals surface area contributed by atoms with E-state index in [9.17, 15) is 8.78 Å². The molecule has 3 rings (SSSR count). The molecule has 0 radical (unpaired) electrons. The lowest BCUT2D eigenvalue weighted by molar-refractivity contribution is 0.172. The highest BCUT2D eigenvalue weighted by Crippen LogP contribution is 2.48. The van der Waals surface area contributed by atoms with Crippen LogP contribution in [0.15, 0.2) is 23.2 Å². The molecule has 1 aliphatic heterocycles. The Morgan fingerprint density at radius 1 is 1.22 bits per heavy atom. The van der Waals surface area contributed by atoms with Gasteiger partial charge in [0.15, 0.2) is 5.96 Å². The van der Waals surface area contributed by atoms with E-state index in [1.54, 1.807) is 14.2 Å². The van der Waals surface area contributed by atoms with E-state index in [1.165, 1.54) is 25.0 Å². The highest BCUT2D eigenvalue weighted by molar-refractivity contribution is 14.0. The number of hydrogen-bond donors (Lipinski definition) is 1. The molecule has 152 valence electrons. The van der Waals surface area contributed by atoms with Crippen LogP contribution in [-0.2, 0) is 4.74 Å². The van der Waals surface area contributed by atoms with Crippen molar-refractivity contribution >= 4 is 35.6 Å². The molecule has 1 N–H and O–H groups in total. The van der Waals surface area contributed by atoms with E-state index in [0.29, 0.717) is 24.2 Å². The van der Waals surface area contributed by atoms with Crippen LogP contribution in [0.4, 0.5) is 14.5 Å². The molecule has 1 aliphatic carbocycles. The van der Waals surface area contributed by atoms with Crippen molar-refractivity contribution in [1.82, 2.24) is 10.2 Å². The zero-order valence-corrected chi connectivity index (χ0v) is 18.3. The Kier molecular flexibility index (Phi) is 8.08. The number of hydrogen-bond acceptors (Lipinski definition) is 3. The first-order valence-electron chi connectivity index (χ1n) is 9.21. The van der Waals surface area contributed by atoms with E-state index in [0.717, 1.165) is 44.7 Å². The topological polar surface area (TPSA) is 40.1 Å². The molecule has 8 heteroatoms. The van der Waals surface area contributed by atoms with Gasteiger partial charge >= 0.3 is 0 Å². The lowest BCUT2D eigenvalue weighted by Crippen LogP contribution is -2.53. The summed E-state index contributed by atoms with van der Waals surface area (Å²) in [5.41, 5.74) is 0.683. The number of ether oxygens (including phenoxy) is 1. The molecule has 27 heavy (non-hydrogen) atoms. The SMILES string of the molecule is CN=C(NCC1(CCOC)CC1)N1CCN(c2cc(F)ccc2F)CC1.I. The van der Waals surface area contributed by atoms with Gasteiger partial charge in [0, 0.05) is 59.6 Å². The van der Waals surface area contributed by atoms with Gasteiger partial charge in [0.05, 0.1) is 5.69 Å². The van der Waals surface area contributed by atoms with Gasteiger partial charge in [0.25, 0.3) is 0 Å². The zero-order chi connectivity index (χ0) is 18.6. The highest BCUT2D eigenvalue weighted by Gasteiger charge is 2.42. The Morgan fingerprint density at radius 3 is 2.52 bits per heavy atom. The number of halogens is 3. The first-order valence-corrected chi connectivity index (χ1v) is 9.21. The molecule has 1 aromatic rings. The standard InChI is InChI=1S/C19H28F2N4O.HI/c1-22-18(23-14-19(5-6-19)7-12-26-2)25-10-8-24(9-11-25)17-13-15(20)3-4-16(17)21;/h3-4,13H,5-12,14H2,1-2H3,(H,22,23);1H. The Morgan fingerprint density at radius 2 is 1.93 bits per heavy atom. The zero-order valence-electron chi connectivity index (χ0n) is 16.0. The number of nitrogens with zero attached hydrogens (tertiary/aromatic N) is 3. The highest BCUT2D eigenvalue weighted by atomic mass is 127. The second-order valence-corrected chi connectivity index (χ2v) is 7.21. The Bertz CT molecular complexity index is 647. The minimum absolute atomic E-state index is 0. The van der Waals surface area contributed by atoms with Crippen LogP contribution >= 0.6 is 24.0 Å². The summed E-state index contributed by atoms with van der Waals surface area (Å²) in [5, 5.41) is 3.49. The van der Waals surface area contributed by atoms with E-state index in [2.05, 4.69) is 15.2 Å². The Labute approximate surface area is 177 Å². The van der Waals surface area contributed by atoms with Crippen molar-refractivity contribution in [3.8, 4) is 0 Å². The number of piperazine rings is 1. The van der Waals surface area contributed by atoms with Crippen molar-refractivity contribution in [3.63, 3.8) is 0 Å². The predicted molar refractivity (Wildman–Crippen MR) is 115 cm³/mol. The third kappa shape index (κ3) is 5.66. The smallest absolute Gasteiger partial charge is 0.193 e.